The van der Waals surface area contributed by atoms with Crippen molar-refractivity contribution in [3.05, 3.63) is 0 Å². The van der Waals surface area contributed by atoms with E-state index in [0.29, 0.717) is 19.3 Å². The maximum atomic E-state index is 13.2. The molecule has 0 aromatic carbocycles. The van der Waals surface area contributed by atoms with Gasteiger partial charge in [-0.05, 0) is 6.42 Å². The zero-order valence-corrected chi connectivity index (χ0v) is 12.0. The first-order chi connectivity index (χ1) is 10.1. The van der Waals surface area contributed by atoms with Crippen LogP contribution in [-0.2, 0) is 0 Å². The summed E-state index contributed by atoms with van der Waals surface area (Å²) in [4.78, 5) is 0. The van der Waals surface area contributed by atoms with E-state index in [4.69, 9.17) is 5.11 Å². The van der Waals surface area contributed by atoms with Crippen molar-refractivity contribution >= 4 is 0 Å². The van der Waals surface area contributed by atoms with E-state index in [1.165, 1.54) is 0 Å². The summed E-state index contributed by atoms with van der Waals surface area (Å²) >= 11 is 0. The van der Waals surface area contributed by atoms with Crippen LogP contribution in [0.25, 0.3) is 0 Å². The Balaban J connectivity index is 5.26. The number of alkyl halides is 10. The molecule has 23 heavy (non-hydrogen) atoms. The van der Waals surface area contributed by atoms with E-state index in [9.17, 15) is 43.9 Å². The normalized spacial score (nSPS) is 15.1. The SMILES string of the molecule is CCCCCCCC(F)(F)C(F)(F)C(F)(F)C(F)(F)C(O)(F)F. The molecular weight excluding hydrogens is 350 g/mol. The van der Waals surface area contributed by atoms with Crippen LogP contribution in [0.3, 0.4) is 0 Å². The molecule has 0 unspecified atom stereocenters. The van der Waals surface area contributed by atoms with Crippen LogP contribution in [-0.4, -0.2) is 34.9 Å². The zero-order valence-electron chi connectivity index (χ0n) is 12.0. The molecule has 0 aliphatic rings. The highest BCUT2D eigenvalue weighted by Gasteiger charge is 2.86. The van der Waals surface area contributed by atoms with E-state index in [1.54, 1.807) is 6.92 Å². The van der Waals surface area contributed by atoms with Gasteiger partial charge in [0, 0.05) is 6.42 Å². The molecule has 0 saturated heterocycles. The quantitative estimate of drug-likeness (QED) is 0.401. The molecule has 0 aromatic rings. The lowest BCUT2D eigenvalue weighted by molar-refractivity contribution is -0.437. The lowest BCUT2D eigenvalue weighted by Gasteiger charge is -2.37. The van der Waals surface area contributed by atoms with Crippen LogP contribution in [0.5, 0.6) is 0 Å². The fourth-order valence-electron chi connectivity index (χ4n) is 1.72. The molecule has 1 nitrogen and oxygen atoms in total. The van der Waals surface area contributed by atoms with Crippen molar-refractivity contribution in [3.8, 4) is 0 Å². The second-order valence-electron chi connectivity index (χ2n) is 5.13. The van der Waals surface area contributed by atoms with Gasteiger partial charge in [-0.15, -0.1) is 0 Å². The number of rotatable bonds is 10. The summed E-state index contributed by atoms with van der Waals surface area (Å²) in [5, 5.41) is 7.64. The topological polar surface area (TPSA) is 20.2 Å². The third kappa shape index (κ3) is 4.21. The maximum absolute atomic E-state index is 13.2. The first-order valence-electron chi connectivity index (χ1n) is 6.67. The first-order valence-corrected chi connectivity index (χ1v) is 6.67. The molecule has 0 aromatic heterocycles. The summed E-state index contributed by atoms with van der Waals surface area (Å²) in [6.45, 7) is 1.75. The molecule has 0 fully saturated rings. The van der Waals surface area contributed by atoms with Crippen molar-refractivity contribution in [2.45, 2.75) is 75.2 Å². The number of aliphatic hydroxyl groups is 1. The zero-order chi connectivity index (χ0) is 18.7. The van der Waals surface area contributed by atoms with E-state index in [1.807, 2.05) is 0 Å². The molecule has 1 N–H and O–H groups in total. The molecule has 0 radical (unpaired) electrons. The van der Waals surface area contributed by atoms with Crippen LogP contribution in [0, 0.1) is 0 Å². The van der Waals surface area contributed by atoms with Crippen LogP contribution in [0.4, 0.5) is 43.9 Å². The van der Waals surface area contributed by atoms with E-state index in [-0.39, 0.29) is 6.42 Å². The minimum absolute atomic E-state index is 0.0440. The van der Waals surface area contributed by atoms with Gasteiger partial charge >= 0.3 is 29.8 Å². The largest absolute Gasteiger partial charge is 0.423 e. The van der Waals surface area contributed by atoms with Gasteiger partial charge in [-0.2, -0.15) is 43.9 Å². The van der Waals surface area contributed by atoms with Gasteiger partial charge < -0.3 is 5.11 Å². The minimum atomic E-state index is -7.16. The van der Waals surface area contributed by atoms with E-state index < -0.39 is 42.6 Å². The summed E-state index contributed by atoms with van der Waals surface area (Å²) in [5.74, 6) is -26.7. The average Bonchev–Trinajstić information content (AvgIpc) is 2.36. The number of hydrogen-bond acceptors (Lipinski definition) is 1. The van der Waals surface area contributed by atoms with Crippen LogP contribution >= 0.6 is 0 Å². The molecule has 0 bridgehead atoms. The average molecular weight is 366 g/mol. The lowest BCUT2D eigenvalue weighted by atomic mass is 9.94. The fourth-order valence-corrected chi connectivity index (χ4v) is 1.72. The molecule has 140 valence electrons. The highest BCUT2D eigenvalue weighted by molar-refractivity contribution is 5.05. The third-order valence-corrected chi connectivity index (χ3v) is 3.22. The molecule has 0 heterocycles. The van der Waals surface area contributed by atoms with E-state index in [2.05, 4.69) is 0 Å². The Kier molecular flexibility index (Phi) is 6.79. The molecule has 0 rings (SSSR count). The van der Waals surface area contributed by atoms with E-state index in [0.717, 1.165) is 0 Å². The highest BCUT2D eigenvalue weighted by Crippen LogP contribution is 2.57. The van der Waals surface area contributed by atoms with Crippen LogP contribution in [0.2, 0.25) is 0 Å². The Morgan fingerprint density at radius 2 is 1.04 bits per heavy atom. The highest BCUT2D eigenvalue weighted by atomic mass is 19.4. The standard InChI is InChI=1S/C12H16F10O/c1-2-3-4-5-6-7-8(13,14)9(15,16)10(17,18)11(19,20)12(21,22)23/h23H,2-7H2,1H3. The van der Waals surface area contributed by atoms with Gasteiger partial charge in [-0.3, -0.25) is 0 Å². The maximum Gasteiger partial charge on any atom is 0.423 e. The van der Waals surface area contributed by atoms with Gasteiger partial charge in [0.1, 0.15) is 0 Å². The van der Waals surface area contributed by atoms with Crippen molar-refractivity contribution in [1.29, 1.82) is 0 Å². The Bertz CT molecular complexity index is 375. The summed E-state index contributed by atoms with van der Waals surface area (Å²) in [6.07, 6.45) is -7.64. The Hall–Kier alpha value is -0.740. The minimum Gasteiger partial charge on any atom is -0.331 e. The smallest absolute Gasteiger partial charge is 0.331 e. The molecule has 0 amide bonds. The van der Waals surface area contributed by atoms with Crippen LogP contribution < -0.4 is 0 Å². The summed E-state index contributed by atoms with van der Waals surface area (Å²) in [6, 6.07) is 0. The monoisotopic (exact) mass is 366 g/mol. The summed E-state index contributed by atoms with van der Waals surface area (Å²) < 4.78 is 128. The van der Waals surface area contributed by atoms with Crippen molar-refractivity contribution in [2.75, 3.05) is 0 Å². The Morgan fingerprint density at radius 3 is 1.43 bits per heavy atom. The van der Waals surface area contributed by atoms with Gasteiger partial charge in [0.2, 0.25) is 0 Å². The second kappa shape index (κ2) is 7.02. The predicted molar refractivity (Wildman–Crippen MR) is 60.3 cm³/mol. The van der Waals surface area contributed by atoms with Gasteiger partial charge in [-0.1, -0.05) is 32.6 Å². The van der Waals surface area contributed by atoms with Crippen molar-refractivity contribution in [3.63, 3.8) is 0 Å². The number of halogens is 10. The van der Waals surface area contributed by atoms with Gasteiger partial charge in [0.15, 0.2) is 0 Å². The second-order valence-corrected chi connectivity index (χ2v) is 5.13. The van der Waals surface area contributed by atoms with Crippen molar-refractivity contribution < 1.29 is 49.0 Å². The number of unbranched alkanes of at least 4 members (excludes halogenated alkanes) is 4. The van der Waals surface area contributed by atoms with Crippen LogP contribution in [0.15, 0.2) is 0 Å². The first kappa shape index (κ1) is 22.3. The van der Waals surface area contributed by atoms with Gasteiger partial charge in [-0.25, -0.2) is 0 Å². The Labute approximate surface area is 125 Å². The van der Waals surface area contributed by atoms with Gasteiger partial charge in [0.25, 0.3) is 0 Å². The molecule has 0 spiro atoms. The van der Waals surface area contributed by atoms with E-state index >= 15 is 0 Å². The molecular formula is C12H16F10O. The lowest BCUT2D eigenvalue weighted by Crippen LogP contribution is -2.67. The fraction of sp³-hybridized carbons (Fsp3) is 1.00. The number of hydrogen-bond donors (Lipinski definition) is 1. The molecule has 0 saturated carbocycles. The molecule has 11 heteroatoms. The van der Waals surface area contributed by atoms with Gasteiger partial charge in [0.05, 0.1) is 0 Å². The molecule has 0 aliphatic carbocycles. The molecule has 0 atom stereocenters. The van der Waals surface area contributed by atoms with Crippen molar-refractivity contribution in [1.82, 2.24) is 0 Å². The van der Waals surface area contributed by atoms with Crippen LogP contribution in [0.1, 0.15) is 45.4 Å². The summed E-state index contributed by atoms with van der Waals surface area (Å²) in [7, 11) is 0. The Morgan fingerprint density at radius 1 is 0.609 bits per heavy atom. The molecule has 0 aliphatic heterocycles. The predicted octanol–water partition coefficient (Wildman–Crippen LogP) is 5.47. The third-order valence-electron chi connectivity index (χ3n) is 3.22. The van der Waals surface area contributed by atoms with Crippen molar-refractivity contribution in [2.24, 2.45) is 0 Å². The summed E-state index contributed by atoms with van der Waals surface area (Å²) in [5.41, 5.74) is 0.